The monoisotopic (exact) mass is 380 g/mol. The third-order valence-corrected chi connectivity index (χ3v) is 3.20. The minimum atomic E-state index is -4.37. The molecule has 2 aromatic rings. The Balaban J connectivity index is 2.28. The molecule has 7 heteroatoms. The molecule has 0 spiro atoms. The molecule has 1 heterocycles. The molecule has 0 aliphatic heterocycles. The fourth-order valence-corrected chi connectivity index (χ4v) is 1.83. The van der Waals surface area contributed by atoms with E-state index in [0.29, 0.717) is 15.0 Å². The second-order valence-corrected chi connectivity index (χ2v) is 5.04. The smallest absolute Gasteiger partial charge is 0.309 e. The Labute approximate surface area is 120 Å². The van der Waals surface area contributed by atoms with Gasteiger partial charge in [0.25, 0.3) is 5.56 Å². The molecule has 0 fully saturated rings. The number of benzene rings is 1. The van der Waals surface area contributed by atoms with Crippen molar-refractivity contribution in [1.29, 1.82) is 0 Å². The van der Waals surface area contributed by atoms with Crippen LogP contribution in [-0.2, 0) is 12.6 Å². The highest BCUT2D eigenvalue weighted by Gasteiger charge is 2.30. The predicted molar refractivity (Wildman–Crippen MR) is 71.8 cm³/mol. The molecule has 100 valence electrons. The number of aromatic amines is 1. The number of nitrogens with one attached hydrogen (secondary N) is 1. The molecule has 19 heavy (non-hydrogen) atoms. The first-order chi connectivity index (χ1) is 8.86. The maximum Gasteiger partial charge on any atom is 0.416 e. The number of alkyl halides is 3. The van der Waals surface area contributed by atoms with Gasteiger partial charge < -0.3 is 4.98 Å². The Hall–Kier alpha value is -1.38. The van der Waals surface area contributed by atoms with Gasteiger partial charge in [-0.05, 0) is 34.2 Å². The molecule has 1 aromatic carbocycles. The molecule has 0 saturated carbocycles. The molecule has 2 rings (SSSR count). The van der Waals surface area contributed by atoms with E-state index in [2.05, 4.69) is 9.97 Å². The lowest BCUT2D eigenvalue weighted by atomic mass is 10.1. The minimum Gasteiger partial charge on any atom is -0.309 e. The zero-order valence-corrected chi connectivity index (χ0v) is 11.6. The standard InChI is InChI=1S/C12H8F3IN2O/c13-12(14,15)8-3-1-2-7(4-8)5-10-17-6-9(16)11(19)18-10/h1-4,6H,5H2,(H,17,18,19). The van der Waals surface area contributed by atoms with Gasteiger partial charge >= 0.3 is 6.18 Å². The molecule has 0 aliphatic carbocycles. The minimum absolute atomic E-state index is 0.149. The van der Waals surface area contributed by atoms with Crippen LogP contribution in [0.3, 0.4) is 0 Å². The molecule has 3 nitrogen and oxygen atoms in total. The first-order valence-corrected chi connectivity index (χ1v) is 6.34. The van der Waals surface area contributed by atoms with Gasteiger partial charge in [-0.15, -0.1) is 0 Å². The average molecular weight is 380 g/mol. The van der Waals surface area contributed by atoms with E-state index in [-0.39, 0.29) is 12.0 Å². The number of hydrogen-bond donors (Lipinski definition) is 1. The molecule has 0 radical (unpaired) electrons. The van der Waals surface area contributed by atoms with Gasteiger partial charge in [0.2, 0.25) is 0 Å². The fourth-order valence-electron chi connectivity index (χ4n) is 1.56. The SMILES string of the molecule is O=c1[nH]c(Cc2cccc(C(F)(F)F)c2)ncc1I. The van der Waals surface area contributed by atoms with Gasteiger partial charge in [0, 0.05) is 12.6 Å². The average Bonchev–Trinajstić information content (AvgIpc) is 2.33. The summed E-state index contributed by atoms with van der Waals surface area (Å²) in [7, 11) is 0. The summed E-state index contributed by atoms with van der Waals surface area (Å²) in [5.41, 5.74) is -0.561. The Morgan fingerprint density at radius 1 is 1.32 bits per heavy atom. The van der Waals surface area contributed by atoms with Crippen LogP contribution in [0.4, 0.5) is 13.2 Å². The number of hydrogen-bond acceptors (Lipinski definition) is 2. The van der Waals surface area contributed by atoms with Crippen molar-refractivity contribution in [3.63, 3.8) is 0 Å². The Morgan fingerprint density at radius 3 is 2.68 bits per heavy atom. The zero-order chi connectivity index (χ0) is 14.0. The predicted octanol–water partition coefficient (Wildman–Crippen LogP) is 2.98. The van der Waals surface area contributed by atoms with Crippen molar-refractivity contribution in [2.24, 2.45) is 0 Å². The van der Waals surface area contributed by atoms with Gasteiger partial charge in [-0.1, -0.05) is 18.2 Å². The van der Waals surface area contributed by atoms with Crippen LogP contribution in [-0.4, -0.2) is 9.97 Å². The molecule has 1 N–H and O–H groups in total. The maximum absolute atomic E-state index is 12.5. The van der Waals surface area contributed by atoms with Crippen LogP contribution in [0.2, 0.25) is 0 Å². The van der Waals surface area contributed by atoms with Gasteiger partial charge in [-0.3, -0.25) is 4.79 Å². The van der Waals surface area contributed by atoms with Crippen LogP contribution in [0.25, 0.3) is 0 Å². The fraction of sp³-hybridized carbons (Fsp3) is 0.167. The van der Waals surface area contributed by atoms with E-state index >= 15 is 0 Å². The van der Waals surface area contributed by atoms with Crippen LogP contribution in [0.15, 0.2) is 35.3 Å². The summed E-state index contributed by atoms with van der Waals surface area (Å²) in [6.45, 7) is 0. The summed E-state index contributed by atoms with van der Waals surface area (Å²) < 4.78 is 38.1. The van der Waals surface area contributed by atoms with Crippen molar-refractivity contribution in [2.45, 2.75) is 12.6 Å². The first kappa shape index (κ1) is 14.0. The largest absolute Gasteiger partial charge is 0.416 e. The highest BCUT2D eigenvalue weighted by Crippen LogP contribution is 2.29. The molecule has 0 unspecified atom stereocenters. The second kappa shape index (κ2) is 5.32. The Morgan fingerprint density at radius 2 is 2.05 bits per heavy atom. The van der Waals surface area contributed by atoms with Crippen molar-refractivity contribution in [3.8, 4) is 0 Å². The van der Waals surface area contributed by atoms with E-state index in [1.165, 1.54) is 12.3 Å². The molecule has 1 aromatic heterocycles. The zero-order valence-electron chi connectivity index (χ0n) is 9.46. The van der Waals surface area contributed by atoms with E-state index < -0.39 is 11.7 Å². The van der Waals surface area contributed by atoms with Gasteiger partial charge in [0.05, 0.1) is 9.13 Å². The van der Waals surface area contributed by atoms with E-state index in [1.807, 2.05) is 22.6 Å². The quantitative estimate of drug-likeness (QED) is 0.815. The summed E-state index contributed by atoms with van der Waals surface area (Å²) in [5.74, 6) is 0.338. The van der Waals surface area contributed by atoms with E-state index in [0.717, 1.165) is 12.1 Å². The van der Waals surface area contributed by atoms with Crippen LogP contribution in [0.5, 0.6) is 0 Å². The van der Waals surface area contributed by atoms with E-state index in [4.69, 9.17) is 0 Å². The molecule has 0 atom stereocenters. The highest BCUT2D eigenvalue weighted by atomic mass is 127. The molecule has 0 saturated heterocycles. The van der Waals surface area contributed by atoms with Gasteiger partial charge in [-0.25, -0.2) is 4.98 Å². The van der Waals surface area contributed by atoms with E-state index in [9.17, 15) is 18.0 Å². The van der Waals surface area contributed by atoms with Crippen molar-refractivity contribution >= 4 is 22.6 Å². The number of halogens is 4. The summed E-state index contributed by atoms with van der Waals surface area (Å²) in [4.78, 5) is 17.9. The summed E-state index contributed by atoms with van der Waals surface area (Å²) in [6, 6.07) is 4.96. The van der Waals surface area contributed by atoms with Crippen LogP contribution in [0.1, 0.15) is 17.0 Å². The Bertz CT molecular complexity index is 652. The number of nitrogens with zero attached hydrogens (tertiary/aromatic N) is 1. The van der Waals surface area contributed by atoms with Gasteiger partial charge in [-0.2, -0.15) is 13.2 Å². The van der Waals surface area contributed by atoms with Crippen LogP contribution >= 0.6 is 22.6 Å². The van der Waals surface area contributed by atoms with Crippen molar-refractivity contribution in [2.75, 3.05) is 0 Å². The normalized spacial score (nSPS) is 11.6. The molecular formula is C12H8F3IN2O. The first-order valence-electron chi connectivity index (χ1n) is 5.26. The molecular weight excluding hydrogens is 372 g/mol. The highest BCUT2D eigenvalue weighted by molar-refractivity contribution is 14.1. The maximum atomic E-state index is 12.5. The summed E-state index contributed by atoms with van der Waals surface area (Å²) in [5, 5.41) is 0. The van der Waals surface area contributed by atoms with Crippen LogP contribution in [0, 0.1) is 3.57 Å². The summed E-state index contributed by atoms with van der Waals surface area (Å²) in [6.07, 6.45) is -2.83. The third-order valence-electron chi connectivity index (χ3n) is 2.43. The second-order valence-electron chi connectivity index (χ2n) is 3.88. The topological polar surface area (TPSA) is 45.8 Å². The lowest BCUT2D eigenvalue weighted by Crippen LogP contribution is -2.14. The van der Waals surface area contributed by atoms with Crippen molar-refractivity contribution < 1.29 is 13.2 Å². The van der Waals surface area contributed by atoms with E-state index in [1.54, 1.807) is 6.07 Å². The summed E-state index contributed by atoms with van der Waals surface area (Å²) >= 11 is 1.83. The van der Waals surface area contributed by atoms with Crippen molar-refractivity contribution in [3.05, 3.63) is 61.3 Å². The third kappa shape index (κ3) is 3.55. The van der Waals surface area contributed by atoms with Crippen LogP contribution < -0.4 is 5.56 Å². The lowest BCUT2D eigenvalue weighted by Gasteiger charge is -2.08. The lowest BCUT2D eigenvalue weighted by molar-refractivity contribution is -0.137. The van der Waals surface area contributed by atoms with Gasteiger partial charge in [0.15, 0.2) is 0 Å². The number of H-pyrrole nitrogens is 1. The molecule has 0 aliphatic rings. The molecule has 0 bridgehead atoms. The number of aromatic nitrogens is 2. The number of rotatable bonds is 2. The van der Waals surface area contributed by atoms with Gasteiger partial charge in [0.1, 0.15) is 5.82 Å². The molecule has 0 amide bonds. The Kier molecular flexibility index (Phi) is 3.93. The van der Waals surface area contributed by atoms with Crippen molar-refractivity contribution in [1.82, 2.24) is 9.97 Å².